The van der Waals surface area contributed by atoms with Gasteiger partial charge < -0.3 is 14.8 Å². The molecule has 0 aromatic heterocycles. The van der Waals surface area contributed by atoms with Gasteiger partial charge in [-0.15, -0.1) is 0 Å². The van der Waals surface area contributed by atoms with Gasteiger partial charge in [-0.05, 0) is 24.3 Å². The van der Waals surface area contributed by atoms with Crippen LogP contribution in [0.15, 0.2) is 54.3 Å². The van der Waals surface area contributed by atoms with Crippen LogP contribution in [0.2, 0.25) is 0 Å². The van der Waals surface area contributed by atoms with Crippen LogP contribution in [0.1, 0.15) is 13.8 Å². The molecule has 0 unspecified atom stereocenters. The third kappa shape index (κ3) is 3.47. The van der Waals surface area contributed by atoms with Crippen molar-refractivity contribution in [1.82, 2.24) is 0 Å². The first-order valence-corrected chi connectivity index (χ1v) is 6.13. The lowest BCUT2D eigenvalue weighted by molar-refractivity contribution is -0.222. The quantitative estimate of drug-likeness (QED) is 0.520. The highest BCUT2D eigenvalue weighted by Crippen LogP contribution is 2.22. The summed E-state index contributed by atoms with van der Waals surface area (Å²) < 4.78 is 9.93. The predicted molar refractivity (Wildman–Crippen MR) is 73.6 cm³/mol. The molecule has 1 aliphatic rings. The predicted octanol–water partition coefficient (Wildman–Crippen LogP) is 2.37. The Bertz CT molecular complexity index is 551. The van der Waals surface area contributed by atoms with Crippen molar-refractivity contribution in [1.29, 1.82) is 0 Å². The average molecular weight is 273 g/mol. The van der Waals surface area contributed by atoms with Crippen LogP contribution in [-0.2, 0) is 19.1 Å². The standard InChI is InChI=1S/C15H15NO4/c1-15(2)19-13(17)12(14(18)20-15)9-6-10-16-11-7-4-3-5-8-11/h3-10,16H,1-2H3/b10-6+. The Labute approximate surface area is 116 Å². The summed E-state index contributed by atoms with van der Waals surface area (Å²) in [5.41, 5.74) is 0.771. The maximum absolute atomic E-state index is 11.6. The third-order valence-corrected chi connectivity index (χ3v) is 2.50. The van der Waals surface area contributed by atoms with E-state index in [1.807, 2.05) is 30.3 Å². The number of esters is 2. The summed E-state index contributed by atoms with van der Waals surface area (Å²) in [7, 11) is 0. The highest BCUT2D eigenvalue weighted by Gasteiger charge is 2.38. The Morgan fingerprint density at radius 3 is 2.25 bits per heavy atom. The van der Waals surface area contributed by atoms with E-state index >= 15 is 0 Å². The van der Waals surface area contributed by atoms with Gasteiger partial charge in [0.05, 0.1) is 0 Å². The minimum absolute atomic E-state index is 0.129. The fraction of sp³-hybridized carbons (Fsp3) is 0.200. The van der Waals surface area contributed by atoms with Gasteiger partial charge in [0.1, 0.15) is 5.57 Å². The van der Waals surface area contributed by atoms with Crippen molar-refractivity contribution >= 4 is 17.6 Å². The molecule has 1 fully saturated rings. The second-order valence-corrected chi connectivity index (χ2v) is 4.63. The molecule has 1 aromatic carbocycles. The molecule has 1 aliphatic heterocycles. The topological polar surface area (TPSA) is 64.6 Å². The van der Waals surface area contributed by atoms with Crippen molar-refractivity contribution in [2.45, 2.75) is 19.6 Å². The van der Waals surface area contributed by atoms with Gasteiger partial charge in [-0.25, -0.2) is 9.59 Å². The lowest BCUT2D eigenvalue weighted by Crippen LogP contribution is -2.41. The molecule has 0 amide bonds. The van der Waals surface area contributed by atoms with Crippen LogP contribution in [0.4, 0.5) is 5.69 Å². The number of carbonyl (C=O) groups is 2. The van der Waals surface area contributed by atoms with E-state index in [4.69, 9.17) is 9.47 Å². The van der Waals surface area contributed by atoms with Crippen molar-refractivity contribution in [2.24, 2.45) is 0 Å². The summed E-state index contributed by atoms with van der Waals surface area (Å²) in [5, 5.41) is 3.00. The van der Waals surface area contributed by atoms with Crippen LogP contribution in [0.25, 0.3) is 0 Å². The molecule has 1 N–H and O–H groups in total. The number of carbonyl (C=O) groups excluding carboxylic acids is 2. The molecule has 2 rings (SSSR count). The van der Waals surface area contributed by atoms with Gasteiger partial charge in [0.2, 0.25) is 0 Å². The molecule has 0 atom stereocenters. The van der Waals surface area contributed by atoms with E-state index in [1.165, 1.54) is 19.9 Å². The molecule has 104 valence electrons. The normalized spacial score (nSPS) is 17.6. The number of allylic oxidation sites excluding steroid dienone is 2. The molecular weight excluding hydrogens is 258 g/mol. The van der Waals surface area contributed by atoms with Crippen LogP contribution >= 0.6 is 0 Å². The Kier molecular flexibility index (Phi) is 3.89. The van der Waals surface area contributed by atoms with Gasteiger partial charge >= 0.3 is 11.9 Å². The number of para-hydroxylation sites is 1. The zero-order chi connectivity index (χ0) is 14.6. The Hall–Kier alpha value is -2.56. The Morgan fingerprint density at radius 2 is 1.65 bits per heavy atom. The number of benzene rings is 1. The summed E-state index contributed by atoms with van der Waals surface area (Å²) in [6.07, 6.45) is 4.52. The largest absolute Gasteiger partial charge is 0.419 e. The molecule has 1 saturated heterocycles. The Morgan fingerprint density at radius 1 is 1.05 bits per heavy atom. The molecule has 0 spiro atoms. The minimum atomic E-state index is -1.21. The van der Waals surface area contributed by atoms with Crippen molar-refractivity contribution in [3.05, 3.63) is 54.3 Å². The first kappa shape index (κ1) is 13.9. The van der Waals surface area contributed by atoms with Crippen molar-refractivity contribution in [2.75, 3.05) is 5.32 Å². The van der Waals surface area contributed by atoms with Crippen molar-refractivity contribution in [3.8, 4) is 0 Å². The third-order valence-electron chi connectivity index (χ3n) is 2.50. The molecule has 5 nitrogen and oxygen atoms in total. The molecule has 1 heterocycles. The molecule has 0 radical (unpaired) electrons. The van der Waals surface area contributed by atoms with E-state index < -0.39 is 17.7 Å². The maximum Gasteiger partial charge on any atom is 0.348 e. The number of anilines is 1. The summed E-state index contributed by atoms with van der Waals surface area (Å²) in [6, 6.07) is 9.48. The molecular formula is C15H15NO4. The highest BCUT2D eigenvalue weighted by molar-refractivity contribution is 6.15. The summed E-state index contributed by atoms with van der Waals surface area (Å²) in [5.74, 6) is -2.58. The lowest BCUT2D eigenvalue weighted by Gasteiger charge is -2.29. The number of hydrogen-bond donors (Lipinski definition) is 1. The summed E-state index contributed by atoms with van der Waals surface area (Å²) in [4.78, 5) is 23.3. The van der Waals surface area contributed by atoms with E-state index in [2.05, 4.69) is 5.32 Å². The smallest absolute Gasteiger partial charge is 0.348 e. The number of cyclic esters (lactones) is 2. The number of nitrogens with one attached hydrogen (secondary N) is 1. The first-order chi connectivity index (χ1) is 9.48. The van der Waals surface area contributed by atoms with Crippen LogP contribution in [0.5, 0.6) is 0 Å². The number of rotatable bonds is 3. The summed E-state index contributed by atoms with van der Waals surface area (Å²) in [6.45, 7) is 3.01. The van der Waals surface area contributed by atoms with Gasteiger partial charge in [-0.1, -0.05) is 18.2 Å². The second-order valence-electron chi connectivity index (χ2n) is 4.63. The molecule has 1 aromatic rings. The van der Waals surface area contributed by atoms with Gasteiger partial charge in [-0.3, -0.25) is 0 Å². The van der Waals surface area contributed by atoms with Crippen LogP contribution < -0.4 is 5.32 Å². The Balaban J connectivity index is 2.01. The van der Waals surface area contributed by atoms with E-state index in [-0.39, 0.29) is 5.57 Å². The fourth-order valence-corrected chi connectivity index (χ4v) is 1.62. The summed E-state index contributed by atoms with van der Waals surface area (Å²) >= 11 is 0. The molecule has 0 bridgehead atoms. The monoisotopic (exact) mass is 273 g/mol. The zero-order valence-corrected chi connectivity index (χ0v) is 11.3. The molecule has 0 saturated carbocycles. The van der Waals surface area contributed by atoms with Gasteiger partial charge in [-0.2, -0.15) is 0 Å². The minimum Gasteiger partial charge on any atom is -0.419 e. The van der Waals surface area contributed by atoms with E-state index in [9.17, 15) is 9.59 Å². The lowest BCUT2D eigenvalue weighted by atomic mass is 10.2. The molecule has 5 heteroatoms. The van der Waals surface area contributed by atoms with Crippen LogP contribution in [0.3, 0.4) is 0 Å². The molecule has 20 heavy (non-hydrogen) atoms. The first-order valence-electron chi connectivity index (χ1n) is 6.13. The van der Waals surface area contributed by atoms with E-state index in [0.29, 0.717) is 0 Å². The SMILES string of the molecule is CC1(C)OC(=O)C(=C/C=C/Nc2ccccc2)C(=O)O1. The van der Waals surface area contributed by atoms with Crippen LogP contribution in [-0.4, -0.2) is 17.7 Å². The maximum atomic E-state index is 11.6. The van der Waals surface area contributed by atoms with Gasteiger partial charge in [0.15, 0.2) is 0 Å². The van der Waals surface area contributed by atoms with Crippen molar-refractivity contribution < 1.29 is 19.1 Å². The van der Waals surface area contributed by atoms with Gasteiger partial charge in [0, 0.05) is 25.7 Å². The van der Waals surface area contributed by atoms with E-state index in [1.54, 1.807) is 12.3 Å². The van der Waals surface area contributed by atoms with E-state index in [0.717, 1.165) is 5.69 Å². The van der Waals surface area contributed by atoms with Gasteiger partial charge in [0.25, 0.3) is 5.79 Å². The van der Waals surface area contributed by atoms with Crippen LogP contribution in [0, 0.1) is 0 Å². The highest BCUT2D eigenvalue weighted by atomic mass is 16.7. The van der Waals surface area contributed by atoms with Crippen molar-refractivity contribution in [3.63, 3.8) is 0 Å². The average Bonchev–Trinajstić information content (AvgIpc) is 2.37. The molecule has 0 aliphatic carbocycles. The second kappa shape index (κ2) is 5.61. The number of ether oxygens (including phenoxy) is 2. The zero-order valence-electron chi connectivity index (χ0n) is 11.3. The fourth-order valence-electron chi connectivity index (χ4n) is 1.62. The number of hydrogen-bond acceptors (Lipinski definition) is 5.